The van der Waals surface area contributed by atoms with Crippen LogP contribution in [-0.4, -0.2) is 23.5 Å². The van der Waals surface area contributed by atoms with Gasteiger partial charge in [0, 0.05) is 31.9 Å². The number of amides is 3. The van der Waals surface area contributed by atoms with Crippen molar-refractivity contribution in [1.82, 2.24) is 5.32 Å². The zero-order valence-electron chi connectivity index (χ0n) is 21.4. The lowest BCUT2D eigenvalue weighted by atomic mass is 10.1. The van der Waals surface area contributed by atoms with Crippen molar-refractivity contribution < 1.29 is 14.4 Å². The molecule has 0 saturated carbocycles. The highest BCUT2D eigenvalue weighted by molar-refractivity contribution is 8.00. The average molecular weight is 591 g/mol. The van der Waals surface area contributed by atoms with Crippen molar-refractivity contribution >= 4 is 70.1 Å². The highest BCUT2D eigenvalue weighted by atomic mass is 35.5. The first-order valence-corrected chi connectivity index (χ1v) is 13.9. The van der Waals surface area contributed by atoms with E-state index < -0.39 is 11.8 Å². The Labute approximate surface area is 246 Å². The van der Waals surface area contributed by atoms with Crippen molar-refractivity contribution in [1.29, 1.82) is 0 Å². The monoisotopic (exact) mass is 589 g/mol. The van der Waals surface area contributed by atoms with Crippen LogP contribution >= 0.6 is 35.0 Å². The molecule has 0 aromatic heterocycles. The van der Waals surface area contributed by atoms with E-state index >= 15 is 0 Å². The summed E-state index contributed by atoms with van der Waals surface area (Å²) in [6.45, 7) is 1.97. The smallest absolute Gasteiger partial charge is 0.272 e. The third kappa shape index (κ3) is 8.74. The normalized spacial score (nSPS) is 11.0. The molecule has 0 aliphatic heterocycles. The zero-order valence-corrected chi connectivity index (χ0v) is 23.7. The number of carbonyl (C=O) groups excluding carboxylic acids is 3. The van der Waals surface area contributed by atoms with Crippen LogP contribution in [0.1, 0.15) is 21.5 Å². The van der Waals surface area contributed by atoms with Crippen LogP contribution in [0, 0.1) is 6.92 Å². The van der Waals surface area contributed by atoms with Crippen molar-refractivity contribution in [2.45, 2.75) is 11.8 Å². The van der Waals surface area contributed by atoms with Gasteiger partial charge in [0.15, 0.2) is 0 Å². The molecule has 0 spiro atoms. The van der Waals surface area contributed by atoms with Crippen LogP contribution in [0.2, 0.25) is 10.0 Å². The molecule has 0 unspecified atom stereocenters. The van der Waals surface area contributed by atoms with Gasteiger partial charge in [0.2, 0.25) is 5.91 Å². The Bertz CT molecular complexity index is 1540. The van der Waals surface area contributed by atoms with Gasteiger partial charge in [-0.05, 0) is 67.1 Å². The van der Waals surface area contributed by atoms with Crippen LogP contribution in [0.15, 0.2) is 108 Å². The van der Waals surface area contributed by atoms with E-state index in [1.54, 1.807) is 66.7 Å². The molecule has 0 heterocycles. The minimum atomic E-state index is -0.484. The maximum atomic E-state index is 13.3. The van der Waals surface area contributed by atoms with Crippen LogP contribution in [0.4, 0.5) is 11.4 Å². The SMILES string of the molecule is Cc1ccc(/C=C(\NC(=O)c2ccccc2)C(=O)Nc2cccc(SCC(=O)Nc3cc(Cl)cc(Cl)c3)c2)cc1. The number of hydrogen-bond acceptors (Lipinski definition) is 4. The fourth-order valence-corrected chi connectivity index (χ4v) is 4.89. The van der Waals surface area contributed by atoms with E-state index in [1.807, 2.05) is 43.3 Å². The summed E-state index contributed by atoms with van der Waals surface area (Å²) in [5, 5.41) is 9.20. The maximum Gasteiger partial charge on any atom is 0.272 e. The van der Waals surface area contributed by atoms with E-state index in [-0.39, 0.29) is 17.4 Å². The van der Waals surface area contributed by atoms with E-state index in [2.05, 4.69) is 16.0 Å². The van der Waals surface area contributed by atoms with E-state index in [9.17, 15) is 14.4 Å². The summed E-state index contributed by atoms with van der Waals surface area (Å²) >= 11 is 13.3. The first-order chi connectivity index (χ1) is 19.2. The molecular formula is C31H25Cl2N3O3S. The molecule has 0 aliphatic rings. The molecule has 3 amide bonds. The quantitative estimate of drug-likeness (QED) is 0.140. The summed E-state index contributed by atoms with van der Waals surface area (Å²) in [5.41, 5.74) is 3.39. The van der Waals surface area contributed by atoms with Crippen LogP contribution < -0.4 is 16.0 Å². The summed E-state index contributed by atoms with van der Waals surface area (Å²) in [7, 11) is 0. The Balaban J connectivity index is 1.44. The molecule has 0 aliphatic carbocycles. The highest BCUT2D eigenvalue weighted by Gasteiger charge is 2.15. The van der Waals surface area contributed by atoms with Crippen molar-refractivity contribution in [3.8, 4) is 0 Å². The van der Waals surface area contributed by atoms with E-state index in [0.717, 1.165) is 16.0 Å². The van der Waals surface area contributed by atoms with Crippen LogP contribution in [0.5, 0.6) is 0 Å². The Morgan fingerprint density at radius 3 is 2.17 bits per heavy atom. The van der Waals surface area contributed by atoms with Gasteiger partial charge in [0.1, 0.15) is 5.70 Å². The molecule has 0 bridgehead atoms. The minimum absolute atomic E-state index is 0.0929. The average Bonchev–Trinajstić information content (AvgIpc) is 2.93. The second-order valence-corrected chi connectivity index (χ2v) is 10.7. The summed E-state index contributed by atoms with van der Waals surface area (Å²) in [4.78, 5) is 39.4. The third-order valence-electron chi connectivity index (χ3n) is 5.53. The number of hydrogen-bond donors (Lipinski definition) is 3. The molecule has 0 saturated heterocycles. The molecule has 0 fully saturated rings. The number of carbonyl (C=O) groups is 3. The molecule has 0 radical (unpaired) electrons. The van der Waals surface area contributed by atoms with Crippen molar-refractivity contribution in [2.24, 2.45) is 0 Å². The Morgan fingerprint density at radius 2 is 1.48 bits per heavy atom. The van der Waals surface area contributed by atoms with Gasteiger partial charge in [-0.15, -0.1) is 11.8 Å². The Hall–Kier alpha value is -4.04. The lowest BCUT2D eigenvalue weighted by molar-refractivity contribution is -0.114. The van der Waals surface area contributed by atoms with E-state index in [1.165, 1.54) is 11.8 Å². The van der Waals surface area contributed by atoms with E-state index in [0.29, 0.717) is 27.0 Å². The van der Waals surface area contributed by atoms with Crippen molar-refractivity contribution in [2.75, 3.05) is 16.4 Å². The summed E-state index contributed by atoms with van der Waals surface area (Å²) < 4.78 is 0. The molecule has 6 nitrogen and oxygen atoms in total. The molecule has 4 aromatic rings. The first-order valence-electron chi connectivity index (χ1n) is 12.2. The van der Waals surface area contributed by atoms with Gasteiger partial charge in [0.25, 0.3) is 11.8 Å². The third-order valence-corrected chi connectivity index (χ3v) is 6.96. The van der Waals surface area contributed by atoms with Crippen LogP contribution in [0.25, 0.3) is 6.08 Å². The number of halogens is 2. The van der Waals surface area contributed by atoms with Gasteiger partial charge in [-0.25, -0.2) is 0 Å². The second-order valence-electron chi connectivity index (χ2n) is 8.77. The molecule has 40 heavy (non-hydrogen) atoms. The molecule has 3 N–H and O–H groups in total. The fraction of sp³-hybridized carbons (Fsp3) is 0.0645. The van der Waals surface area contributed by atoms with Crippen LogP contribution in [-0.2, 0) is 9.59 Å². The van der Waals surface area contributed by atoms with Gasteiger partial charge in [0.05, 0.1) is 5.75 Å². The molecule has 0 atom stereocenters. The summed E-state index contributed by atoms with van der Waals surface area (Å²) in [6.07, 6.45) is 1.63. The molecule has 202 valence electrons. The highest BCUT2D eigenvalue weighted by Crippen LogP contribution is 2.25. The second kappa shape index (κ2) is 13.8. The topological polar surface area (TPSA) is 87.3 Å². The maximum absolute atomic E-state index is 13.3. The number of thioether (sulfide) groups is 1. The number of benzene rings is 4. The molecular weight excluding hydrogens is 565 g/mol. The number of nitrogens with one attached hydrogen (secondary N) is 3. The van der Waals surface area contributed by atoms with Crippen molar-refractivity contribution in [3.05, 3.63) is 129 Å². The van der Waals surface area contributed by atoms with Crippen LogP contribution in [0.3, 0.4) is 0 Å². The zero-order chi connectivity index (χ0) is 28.5. The molecule has 4 rings (SSSR count). The number of rotatable bonds is 9. The number of anilines is 2. The van der Waals surface area contributed by atoms with Gasteiger partial charge in [-0.1, -0.05) is 77.3 Å². The van der Waals surface area contributed by atoms with Gasteiger partial charge < -0.3 is 16.0 Å². The van der Waals surface area contributed by atoms with E-state index in [4.69, 9.17) is 23.2 Å². The largest absolute Gasteiger partial charge is 0.325 e. The fourth-order valence-electron chi connectivity index (χ4n) is 3.61. The molecule has 9 heteroatoms. The predicted molar refractivity (Wildman–Crippen MR) is 164 cm³/mol. The molecule has 4 aromatic carbocycles. The van der Waals surface area contributed by atoms with Gasteiger partial charge >= 0.3 is 0 Å². The summed E-state index contributed by atoms with van der Waals surface area (Å²) in [6, 6.07) is 28.2. The summed E-state index contributed by atoms with van der Waals surface area (Å²) in [5.74, 6) is -0.981. The predicted octanol–water partition coefficient (Wildman–Crippen LogP) is 7.44. The lowest BCUT2D eigenvalue weighted by Gasteiger charge is -2.12. The number of aryl methyl sites for hydroxylation is 1. The van der Waals surface area contributed by atoms with Gasteiger partial charge in [-0.2, -0.15) is 0 Å². The minimum Gasteiger partial charge on any atom is -0.325 e. The van der Waals surface area contributed by atoms with Crippen molar-refractivity contribution in [3.63, 3.8) is 0 Å². The Kier molecular flexibility index (Phi) is 10.0. The van der Waals surface area contributed by atoms with Gasteiger partial charge in [-0.3, -0.25) is 14.4 Å². The lowest BCUT2D eigenvalue weighted by Crippen LogP contribution is -2.30. The first kappa shape index (κ1) is 29.0. The Morgan fingerprint density at radius 1 is 0.775 bits per heavy atom. The standard InChI is InChI=1S/C31H25Cl2N3O3S/c1-20-10-12-21(13-11-20)14-28(36-30(38)22-6-3-2-4-7-22)31(39)35-25-8-5-9-27(18-25)40-19-29(37)34-26-16-23(32)15-24(33)17-26/h2-18H,19H2,1H3,(H,34,37)(H,35,39)(H,36,38)/b28-14-.